The molecule has 9 heteroatoms. The first-order valence-corrected chi connectivity index (χ1v) is 11.4. The molecule has 0 fully saturated rings. The number of hydrogen-bond acceptors (Lipinski definition) is 8. The molecule has 29 heavy (non-hydrogen) atoms. The van der Waals surface area contributed by atoms with Crippen LogP contribution in [0.2, 0.25) is 0 Å². The second kappa shape index (κ2) is 10.9. The van der Waals surface area contributed by atoms with Crippen LogP contribution in [0.25, 0.3) is 5.70 Å². The third-order valence-corrected chi connectivity index (χ3v) is 6.95. The molecular weight excluding hydrogens is 424 g/mol. The van der Waals surface area contributed by atoms with Gasteiger partial charge in [-0.15, -0.1) is 10.2 Å². The second-order valence-corrected chi connectivity index (χ2v) is 9.20. The maximum absolute atomic E-state index is 12.1. The van der Waals surface area contributed by atoms with Gasteiger partial charge in [-0.3, -0.25) is 15.6 Å². The molecule has 0 atom stereocenters. The maximum atomic E-state index is 12.1. The van der Waals surface area contributed by atoms with E-state index in [4.69, 9.17) is 4.74 Å². The first kappa shape index (κ1) is 21.2. The highest BCUT2D eigenvalue weighted by Crippen LogP contribution is 2.30. The highest BCUT2D eigenvalue weighted by molar-refractivity contribution is 8.03. The Bertz CT molecular complexity index is 963. The molecular formula is C20H20N4O2S3. The summed E-state index contributed by atoms with van der Waals surface area (Å²) >= 11 is 4.49. The first-order chi connectivity index (χ1) is 14.1. The normalized spacial score (nSPS) is 10.4. The van der Waals surface area contributed by atoms with Crippen molar-refractivity contribution in [3.8, 4) is 5.75 Å². The number of aromatic nitrogens is 2. The van der Waals surface area contributed by atoms with Crippen LogP contribution in [0.5, 0.6) is 5.75 Å². The number of amides is 1. The van der Waals surface area contributed by atoms with Crippen molar-refractivity contribution in [1.82, 2.24) is 21.0 Å². The number of nitrogens with one attached hydrogen (secondary N) is 2. The Kier molecular flexibility index (Phi) is 7.97. The summed E-state index contributed by atoms with van der Waals surface area (Å²) in [6, 6.07) is 17.6. The molecule has 0 unspecified atom stereocenters. The van der Waals surface area contributed by atoms with Gasteiger partial charge in [0.2, 0.25) is 5.91 Å². The van der Waals surface area contributed by atoms with Crippen molar-refractivity contribution >= 4 is 46.5 Å². The molecule has 150 valence electrons. The molecule has 2 aromatic carbocycles. The number of hydrogen-bond donors (Lipinski definition) is 2. The van der Waals surface area contributed by atoms with Crippen LogP contribution < -0.4 is 15.6 Å². The van der Waals surface area contributed by atoms with Crippen molar-refractivity contribution in [3.05, 3.63) is 72.3 Å². The summed E-state index contributed by atoms with van der Waals surface area (Å²) in [5, 5.41) is 8.32. The smallest absolute Gasteiger partial charge is 0.248 e. The number of hydrazine groups is 1. The molecule has 3 rings (SSSR count). The minimum absolute atomic E-state index is 0.173. The molecule has 1 heterocycles. The fourth-order valence-corrected chi connectivity index (χ4v) is 5.00. The molecule has 1 amide bonds. The van der Waals surface area contributed by atoms with E-state index in [1.165, 1.54) is 28.7 Å². The number of thioether (sulfide) groups is 2. The van der Waals surface area contributed by atoms with E-state index in [0.29, 0.717) is 5.70 Å². The van der Waals surface area contributed by atoms with E-state index >= 15 is 0 Å². The van der Waals surface area contributed by atoms with E-state index in [9.17, 15) is 4.79 Å². The standard InChI is InChI=1S/C20H20N4O2S3/c1-14(16-9-6-10-17(11-16)26-2)21-22-18(25)13-28-20-24-23-19(29-20)27-12-15-7-4-3-5-8-15/h3-11,21H,1,12-13H2,2H3,(H,22,25). The Hall–Kier alpha value is -2.49. The van der Waals surface area contributed by atoms with Gasteiger partial charge in [-0.2, -0.15) is 0 Å². The summed E-state index contributed by atoms with van der Waals surface area (Å²) in [7, 11) is 1.60. The highest BCUT2D eigenvalue weighted by atomic mass is 32.2. The van der Waals surface area contributed by atoms with Gasteiger partial charge in [-0.1, -0.05) is 83.9 Å². The minimum atomic E-state index is -0.173. The molecule has 0 spiro atoms. The molecule has 0 aliphatic rings. The van der Waals surface area contributed by atoms with Crippen molar-refractivity contribution in [2.24, 2.45) is 0 Å². The Morgan fingerprint density at radius 1 is 1.07 bits per heavy atom. The number of ether oxygens (including phenoxy) is 1. The Balaban J connectivity index is 1.40. The summed E-state index contributed by atoms with van der Waals surface area (Å²) in [6.45, 7) is 3.93. The van der Waals surface area contributed by atoms with E-state index in [2.05, 4.69) is 39.8 Å². The zero-order valence-electron chi connectivity index (χ0n) is 15.8. The number of carbonyl (C=O) groups excluding carboxylic acids is 1. The summed E-state index contributed by atoms with van der Waals surface area (Å²) < 4.78 is 6.85. The van der Waals surface area contributed by atoms with E-state index in [1.807, 2.05) is 42.5 Å². The van der Waals surface area contributed by atoms with Crippen LogP contribution in [-0.4, -0.2) is 29.0 Å². The van der Waals surface area contributed by atoms with Gasteiger partial charge < -0.3 is 4.74 Å². The largest absolute Gasteiger partial charge is 0.497 e. The Morgan fingerprint density at radius 2 is 1.83 bits per heavy atom. The van der Waals surface area contributed by atoms with Gasteiger partial charge in [0.15, 0.2) is 8.68 Å². The Morgan fingerprint density at radius 3 is 2.59 bits per heavy atom. The van der Waals surface area contributed by atoms with Gasteiger partial charge >= 0.3 is 0 Å². The number of nitrogens with zero attached hydrogens (tertiary/aromatic N) is 2. The second-order valence-electron chi connectivity index (χ2n) is 5.78. The zero-order valence-corrected chi connectivity index (χ0v) is 18.2. The molecule has 0 saturated heterocycles. The summed E-state index contributed by atoms with van der Waals surface area (Å²) in [4.78, 5) is 12.1. The van der Waals surface area contributed by atoms with E-state index in [-0.39, 0.29) is 11.7 Å². The predicted molar refractivity (Wildman–Crippen MR) is 120 cm³/mol. The van der Waals surface area contributed by atoms with Gasteiger partial charge in [0.05, 0.1) is 18.6 Å². The first-order valence-electron chi connectivity index (χ1n) is 8.65. The molecule has 0 aliphatic carbocycles. The quantitative estimate of drug-likeness (QED) is 0.358. The van der Waals surface area contributed by atoms with Crippen molar-refractivity contribution in [2.75, 3.05) is 12.9 Å². The summed E-state index contributed by atoms with van der Waals surface area (Å²) in [6.07, 6.45) is 0. The van der Waals surface area contributed by atoms with E-state index in [0.717, 1.165) is 25.7 Å². The fourth-order valence-electron chi connectivity index (χ4n) is 2.22. The molecule has 0 radical (unpaired) electrons. The van der Waals surface area contributed by atoms with Gasteiger partial charge in [-0.05, 0) is 17.7 Å². The van der Waals surface area contributed by atoms with Gasteiger partial charge in [0, 0.05) is 11.3 Å². The van der Waals surface area contributed by atoms with Gasteiger partial charge in [-0.25, -0.2) is 0 Å². The highest BCUT2D eigenvalue weighted by Gasteiger charge is 2.09. The van der Waals surface area contributed by atoms with Crippen molar-refractivity contribution < 1.29 is 9.53 Å². The predicted octanol–water partition coefficient (Wildman–Crippen LogP) is 4.22. The molecule has 0 aliphatic heterocycles. The van der Waals surface area contributed by atoms with Gasteiger partial charge in [0.25, 0.3) is 0 Å². The van der Waals surface area contributed by atoms with Crippen LogP contribution in [0.3, 0.4) is 0 Å². The summed E-state index contributed by atoms with van der Waals surface area (Å²) in [5.74, 6) is 1.63. The van der Waals surface area contributed by atoms with E-state index in [1.54, 1.807) is 18.9 Å². The molecule has 0 bridgehead atoms. The van der Waals surface area contributed by atoms with Crippen molar-refractivity contribution in [2.45, 2.75) is 14.4 Å². The lowest BCUT2D eigenvalue weighted by Crippen LogP contribution is -2.37. The molecule has 6 nitrogen and oxygen atoms in total. The van der Waals surface area contributed by atoms with Crippen LogP contribution in [0.4, 0.5) is 0 Å². The van der Waals surface area contributed by atoms with Crippen LogP contribution in [0.1, 0.15) is 11.1 Å². The SMILES string of the molecule is C=C(NNC(=O)CSc1nnc(SCc2ccccc2)s1)c1cccc(OC)c1. The maximum Gasteiger partial charge on any atom is 0.248 e. The van der Waals surface area contributed by atoms with Crippen LogP contribution in [-0.2, 0) is 10.5 Å². The lowest BCUT2D eigenvalue weighted by atomic mass is 10.2. The monoisotopic (exact) mass is 444 g/mol. The third kappa shape index (κ3) is 6.81. The minimum Gasteiger partial charge on any atom is -0.497 e. The molecule has 2 N–H and O–H groups in total. The third-order valence-electron chi connectivity index (χ3n) is 3.69. The number of rotatable bonds is 10. The molecule has 3 aromatic rings. The lowest BCUT2D eigenvalue weighted by Gasteiger charge is -2.11. The summed E-state index contributed by atoms with van der Waals surface area (Å²) in [5.41, 5.74) is 8.13. The Labute approximate surface area is 182 Å². The number of methoxy groups -OCH3 is 1. The average molecular weight is 445 g/mol. The van der Waals surface area contributed by atoms with Crippen LogP contribution >= 0.6 is 34.9 Å². The topological polar surface area (TPSA) is 76.1 Å². The number of carbonyl (C=O) groups is 1. The average Bonchev–Trinajstić information content (AvgIpc) is 3.23. The van der Waals surface area contributed by atoms with Crippen molar-refractivity contribution in [1.29, 1.82) is 0 Å². The van der Waals surface area contributed by atoms with Crippen LogP contribution in [0, 0.1) is 0 Å². The fraction of sp³-hybridized carbons (Fsp3) is 0.150. The van der Waals surface area contributed by atoms with Gasteiger partial charge in [0.1, 0.15) is 5.75 Å². The lowest BCUT2D eigenvalue weighted by molar-refractivity contribution is -0.119. The van der Waals surface area contributed by atoms with Crippen LogP contribution in [0.15, 0.2) is 69.9 Å². The van der Waals surface area contributed by atoms with Crippen molar-refractivity contribution in [3.63, 3.8) is 0 Å². The zero-order chi connectivity index (χ0) is 20.5. The molecule has 1 aromatic heterocycles. The number of benzene rings is 2. The van der Waals surface area contributed by atoms with E-state index < -0.39 is 0 Å². The molecule has 0 saturated carbocycles.